The highest BCUT2D eigenvalue weighted by Gasteiger charge is 2.31. The van der Waals surface area contributed by atoms with E-state index in [9.17, 15) is 22.7 Å². The molecule has 0 radical (unpaired) electrons. The number of carboxylic acid groups (broad SMARTS) is 1. The Hall–Kier alpha value is -2.84. The van der Waals surface area contributed by atoms with Crippen molar-refractivity contribution in [1.82, 2.24) is 4.57 Å². The minimum atomic E-state index is -4.03. The van der Waals surface area contributed by atoms with E-state index in [1.807, 2.05) is 26.0 Å². The maximum atomic E-state index is 13.3. The molecular weight excluding hydrogens is 469 g/mol. The fourth-order valence-corrected chi connectivity index (χ4v) is 5.79. The van der Waals surface area contributed by atoms with E-state index in [1.54, 1.807) is 6.92 Å². The van der Waals surface area contributed by atoms with Crippen LogP contribution in [0.5, 0.6) is 5.75 Å². The lowest BCUT2D eigenvalue weighted by Crippen LogP contribution is -2.13. The van der Waals surface area contributed by atoms with Crippen LogP contribution in [0.2, 0.25) is 5.02 Å². The average Bonchev–Trinajstić information content (AvgIpc) is 2.99. The van der Waals surface area contributed by atoms with Gasteiger partial charge in [-0.2, -0.15) is 0 Å². The van der Waals surface area contributed by atoms with E-state index in [-0.39, 0.29) is 27.6 Å². The molecule has 0 atom stereocenters. The number of sulfone groups is 1. The third-order valence-corrected chi connectivity index (χ3v) is 8.13. The molecule has 0 amide bonds. The molecule has 2 aromatic carbocycles. The Bertz CT molecular complexity index is 1290. The molecule has 6 nitrogen and oxygen atoms in total. The van der Waals surface area contributed by atoms with Crippen LogP contribution >= 0.6 is 11.6 Å². The van der Waals surface area contributed by atoms with Crippen molar-refractivity contribution >= 4 is 27.4 Å². The van der Waals surface area contributed by atoms with Gasteiger partial charge in [-0.1, -0.05) is 11.6 Å². The van der Waals surface area contributed by atoms with E-state index in [2.05, 4.69) is 0 Å². The van der Waals surface area contributed by atoms with Crippen molar-refractivity contribution < 1.29 is 27.4 Å². The van der Waals surface area contributed by atoms with Crippen LogP contribution in [0.4, 0.5) is 4.39 Å². The van der Waals surface area contributed by atoms with Crippen LogP contribution in [0, 0.1) is 33.5 Å². The molecule has 1 heterocycles. The van der Waals surface area contributed by atoms with Crippen molar-refractivity contribution in [3.05, 3.63) is 75.3 Å². The zero-order valence-corrected chi connectivity index (χ0v) is 20.3. The second-order valence-electron chi connectivity index (χ2n) is 7.88. The summed E-state index contributed by atoms with van der Waals surface area (Å²) < 4.78 is 47.0. The van der Waals surface area contributed by atoms with Gasteiger partial charge in [0.05, 0.1) is 16.4 Å². The third kappa shape index (κ3) is 4.91. The summed E-state index contributed by atoms with van der Waals surface area (Å²) in [6, 6.07) is 8.12. The smallest absolute Gasteiger partial charge is 0.352 e. The van der Waals surface area contributed by atoms with Gasteiger partial charge in [-0.25, -0.2) is 17.6 Å². The van der Waals surface area contributed by atoms with Gasteiger partial charge in [-0.05, 0) is 81.6 Å². The lowest BCUT2D eigenvalue weighted by Gasteiger charge is -2.12. The maximum Gasteiger partial charge on any atom is 0.352 e. The Balaban J connectivity index is 1.87. The molecule has 0 fully saturated rings. The van der Waals surface area contributed by atoms with Crippen LogP contribution in [0.3, 0.4) is 0 Å². The maximum absolute atomic E-state index is 13.3. The molecule has 0 saturated carbocycles. The molecule has 0 unspecified atom stereocenters. The Labute approximate surface area is 197 Å². The van der Waals surface area contributed by atoms with Crippen molar-refractivity contribution in [2.24, 2.45) is 0 Å². The van der Waals surface area contributed by atoms with E-state index < -0.39 is 21.6 Å². The molecule has 9 heteroatoms. The molecule has 0 aliphatic rings. The van der Waals surface area contributed by atoms with E-state index in [0.29, 0.717) is 29.5 Å². The van der Waals surface area contributed by atoms with Gasteiger partial charge in [0.25, 0.3) is 0 Å². The van der Waals surface area contributed by atoms with Gasteiger partial charge in [-0.15, -0.1) is 0 Å². The molecule has 1 aromatic heterocycles. The number of carbonyl (C=O) groups is 1. The second kappa shape index (κ2) is 9.57. The number of halogens is 2. The van der Waals surface area contributed by atoms with Crippen LogP contribution in [-0.4, -0.2) is 30.7 Å². The van der Waals surface area contributed by atoms with Crippen molar-refractivity contribution in [1.29, 1.82) is 0 Å². The number of hydrogen-bond acceptors (Lipinski definition) is 4. The Morgan fingerprint density at radius 1 is 1.09 bits per heavy atom. The lowest BCUT2D eigenvalue weighted by molar-refractivity contribution is 0.0683. The largest absolute Gasteiger partial charge is 0.494 e. The molecular formula is C24H25ClFNO5S. The number of aryl methyl sites for hydroxylation is 2. The highest BCUT2D eigenvalue weighted by Crippen LogP contribution is 2.32. The van der Waals surface area contributed by atoms with Crippen LogP contribution in [0.25, 0.3) is 0 Å². The quantitative estimate of drug-likeness (QED) is 0.330. The van der Waals surface area contributed by atoms with E-state index in [0.717, 1.165) is 23.3 Å². The number of carboxylic acids is 1. The minimum Gasteiger partial charge on any atom is -0.494 e. The van der Waals surface area contributed by atoms with Crippen molar-refractivity contribution in [3.63, 3.8) is 0 Å². The molecule has 33 heavy (non-hydrogen) atoms. The first kappa shape index (κ1) is 24.8. The molecule has 3 aromatic rings. The zero-order valence-electron chi connectivity index (χ0n) is 18.8. The molecule has 1 N–H and O–H groups in total. The van der Waals surface area contributed by atoms with Crippen LogP contribution < -0.4 is 4.74 Å². The van der Waals surface area contributed by atoms with E-state index >= 15 is 0 Å². The molecule has 0 aliphatic carbocycles. The normalized spacial score (nSPS) is 11.6. The summed E-state index contributed by atoms with van der Waals surface area (Å²) in [5.41, 5.74) is 2.16. The first-order valence-electron chi connectivity index (χ1n) is 10.3. The van der Waals surface area contributed by atoms with Gasteiger partial charge in [0, 0.05) is 22.8 Å². The molecule has 3 rings (SSSR count). The summed E-state index contributed by atoms with van der Waals surface area (Å²) in [5, 5.41) is 10.5. The zero-order chi connectivity index (χ0) is 24.5. The lowest BCUT2D eigenvalue weighted by atomic mass is 10.1. The number of hydrogen-bond donors (Lipinski definition) is 1. The number of aromatic carboxylic acids is 1. The predicted molar refractivity (Wildman–Crippen MR) is 124 cm³/mol. The summed E-state index contributed by atoms with van der Waals surface area (Å²) in [7, 11) is -4.03. The number of aromatic nitrogens is 1. The summed E-state index contributed by atoms with van der Waals surface area (Å²) in [5.74, 6) is -1.12. The fourth-order valence-electron chi connectivity index (χ4n) is 3.96. The second-order valence-corrected chi connectivity index (χ2v) is 10.1. The predicted octanol–water partition coefficient (Wildman–Crippen LogP) is 5.51. The Morgan fingerprint density at radius 2 is 1.67 bits per heavy atom. The van der Waals surface area contributed by atoms with Crippen molar-refractivity contribution in [2.45, 2.75) is 50.5 Å². The number of rotatable bonds is 8. The number of benzene rings is 2. The Morgan fingerprint density at radius 3 is 2.21 bits per heavy atom. The highest BCUT2D eigenvalue weighted by atomic mass is 35.5. The molecule has 0 spiro atoms. The average molecular weight is 494 g/mol. The monoisotopic (exact) mass is 493 g/mol. The third-order valence-electron chi connectivity index (χ3n) is 5.50. The van der Waals surface area contributed by atoms with Crippen LogP contribution in [0.15, 0.2) is 46.2 Å². The summed E-state index contributed by atoms with van der Waals surface area (Å²) in [6.07, 6.45) is 0.450. The van der Waals surface area contributed by atoms with Gasteiger partial charge in [0.2, 0.25) is 9.84 Å². The van der Waals surface area contributed by atoms with Gasteiger partial charge in [0.15, 0.2) is 0 Å². The SMILES string of the molecule is Cc1cc(OCCCn2c(C)c(S(=O)(=O)c3ccc(F)cc3)c(C)c2C(=O)O)cc(C)c1Cl. The van der Waals surface area contributed by atoms with Gasteiger partial charge in [0.1, 0.15) is 17.3 Å². The highest BCUT2D eigenvalue weighted by molar-refractivity contribution is 7.91. The fraction of sp³-hybridized carbons (Fsp3) is 0.292. The Kier molecular flexibility index (Phi) is 7.19. The first-order valence-corrected chi connectivity index (χ1v) is 12.1. The first-order chi connectivity index (χ1) is 15.4. The molecule has 0 aliphatic heterocycles. The van der Waals surface area contributed by atoms with Crippen LogP contribution in [0.1, 0.15) is 39.3 Å². The molecule has 176 valence electrons. The summed E-state index contributed by atoms with van der Waals surface area (Å²) in [4.78, 5) is 11.8. The minimum absolute atomic E-state index is 0.0728. The molecule has 0 saturated heterocycles. The topological polar surface area (TPSA) is 85.6 Å². The van der Waals surface area contributed by atoms with Crippen molar-refractivity contribution in [2.75, 3.05) is 6.61 Å². The molecule has 0 bridgehead atoms. The summed E-state index contributed by atoms with van der Waals surface area (Å²) >= 11 is 6.18. The number of ether oxygens (including phenoxy) is 1. The van der Waals surface area contributed by atoms with Gasteiger partial charge >= 0.3 is 5.97 Å². The van der Waals surface area contributed by atoms with Crippen molar-refractivity contribution in [3.8, 4) is 5.75 Å². The van der Waals surface area contributed by atoms with Gasteiger partial charge in [-0.3, -0.25) is 0 Å². The van der Waals surface area contributed by atoms with E-state index in [4.69, 9.17) is 16.3 Å². The summed E-state index contributed by atoms with van der Waals surface area (Å²) in [6.45, 7) is 7.36. The number of nitrogens with zero attached hydrogens (tertiary/aromatic N) is 1. The standard InChI is InChI=1S/C24H25ClFNO5S/c1-14-12-19(13-15(2)21(14)25)32-11-5-10-27-17(4)23(16(3)22(27)24(28)29)33(30,31)20-8-6-18(26)7-9-20/h6-9,12-13H,5,10-11H2,1-4H3,(H,28,29). The van der Waals surface area contributed by atoms with Crippen LogP contribution in [-0.2, 0) is 16.4 Å². The van der Waals surface area contributed by atoms with E-state index in [1.165, 1.54) is 23.6 Å². The van der Waals surface area contributed by atoms with Gasteiger partial charge < -0.3 is 14.4 Å².